The zero-order valence-corrected chi connectivity index (χ0v) is 18.7. The minimum Gasteiger partial charge on any atom is -0.398 e. The number of nitrogens with one attached hydrogen (secondary N) is 2. The Balaban J connectivity index is 1.58. The third-order valence-electron chi connectivity index (χ3n) is 5.50. The smallest absolute Gasteiger partial charge is 0.315 e. The average molecular weight is 440 g/mol. The molecule has 4 rings (SSSR count). The van der Waals surface area contributed by atoms with E-state index in [0.717, 1.165) is 33.0 Å². The number of aryl methyl sites for hydroxylation is 1. The number of benzene rings is 2. The van der Waals surface area contributed by atoms with E-state index >= 15 is 0 Å². The number of carbonyl (C=O) groups is 2. The number of amides is 2. The molecule has 2 aromatic carbocycles. The largest absolute Gasteiger partial charge is 0.398 e. The molecular formula is C26H25N5O2. The van der Waals surface area contributed by atoms with Gasteiger partial charge >= 0.3 is 11.8 Å². The number of para-hydroxylation sites is 1. The molecule has 4 N–H and O–H groups in total. The topological polar surface area (TPSA) is 110 Å². The highest BCUT2D eigenvalue weighted by Crippen LogP contribution is 2.31. The maximum absolute atomic E-state index is 12.5. The Morgan fingerprint density at radius 3 is 2.48 bits per heavy atom. The molecular weight excluding hydrogens is 414 g/mol. The first-order valence-corrected chi connectivity index (χ1v) is 10.6. The van der Waals surface area contributed by atoms with Crippen molar-refractivity contribution in [2.24, 2.45) is 0 Å². The lowest BCUT2D eigenvalue weighted by Crippen LogP contribution is -2.29. The van der Waals surface area contributed by atoms with Crippen molar-refractivity contribution < 1.29 is 9.59 Å². The highest BCUT2D eigenvalue weighted by Gasteiger charge is 2.17. The Morgan fingerprint density at radius 1 is 0.970 bits per heavy atom. The van der Waals surface area contributed by atoms with E-state index in [1.807, 2.05) is 57.2 Å². The van der Waals surface area contributed by atoms with Gasteiger partial charge in [0.1, 0.15) is 5.82 Å². The number of fused-ring (bicyclic) bond motifs is 1. The van der Waals surface area contributed by atoms with Crippen LogP contribution in [0.25, 0.3) is 21.9 Å². The molecule has 2 amide bonds. The molecule has 0 saturated heterocycles. The summed E-state index contributed by atoms with van der Waals surface area (Å²) >= 11 is 0. The van der Waals surface area contributed by atoms with E-state index in [-0.39, 0.29) is 11.7 Å². The SMILES string of the molecule is Cc1ccncc1-c1cc(N)c2cnc(NC(=O)C(=O)Nc3ccccc3C(C)C)cc2c1. The number of anilines is 3. The molecule has 0 saturated carbocycles. The molecule has 0 radical (unpaired) electrons. The number of hydrogen-bond donors (Lipinski definition) is 3. The minimum atomic E-state index is -0.798. The predicted molar refractivity (Wildman–Crippen MR) is 132 cm³/mol. The first-order chi connectivity index (χ1) is 15.8. The van der Waals surface area contributed by atoms with Crippen molar-refractivity contribution in [2.45, 2.75) is 26.7 Å². The number of aromatic nitrogens is 2. The Kier molecular flexibility index (Phi) is 6.04. The van der Waals surface area contributed by atoms with Crippen molar-refractivity contribution in [3.05, 3.63) is 78.2 Å². The summed E-state index contributed by atoms with van der Waals surface area (Å²) in [4.78, 5) is 33.5. The predicted octanol–water partition coefficient (Wildman–Crippen LogP) is 4.89. The Morgan fingerprint density at radius 2 is 1.73 bits per heavy atom. The fraction of sp³-hybridized carbons (Fsp3) is 0.154. The van der Waals surface area contributed by atoms with Crippen LogP contribution in [0.4, 0.5) is 17.2 Å². The molecule has 0 unspecified atom stereocenters. The van der Waals surface area contributed by atoms with Gasteiger partial charge in [0, 0.05) is 40.9 Å². The maximum atomic E-state index is 12.5. The molecule has 33 heavy (non-hydrogen) atoms. The molecule has 2 heterocycles. The number of rotatable bonds is 4. The van der Waals surface area contributed by atoms with Gasteiger partial charge in [0.2, 0.25) is 0 Å². The van der Waals surface area contributed by atoms with Crippen molar-refractivity contribution in [2.75, 3.05) is 16.4 Å². The molecule has 7 nitrogen and oxygen atoms in total. The molecule has 166 valence electrons. The van der Waals surface area contributed by atoms with E-state index in [1.54, 1.807) is 30.7 Å². The number of nitrogens with zero attached hydrogens (tertiary/aromatic N) is 2. The molecule has 0 atom stereocenters. The molecule has 0 bridgehead atoms. The van der Waals surface area contributed by atoms with E-state index in [2.05, 4.69) is 20.6 Å². The number of nitrogen functional groups attached to an aromatic ring is 1. The van der Waals surface area contributed by atoms with E-state index < -0.39 is 11.8 Å². The van der Waals surface area contributed by atoms with Crippen LogP contribution in [0.5, 0.6) is 0 Å². The zero-order chi connectivity index (χ0) is 23.5. The molecule has 0 aliphatic heterocycles. The fourth-order valence-corrected chi connectivity index (χ4v) is 3.74. The second-order valence-corrected chi connectivity index (χ2v) is 8.20. The molecule has 7 heteroatoms. The normalized spacial score (nSPS) is 10.9. The summed E-state index contributed by atoms with van der Waals surface area (Å²) < 4.78 is 0. The highest BCUT2D eigenvalue weighted by atomic mass is 16.2. The molecule has 4 aromatic rings. The Labute approximate surface area is 192 Å². The van der Waals surface area contributed by atoms with Crippen LogP contribution in [0.2, 0.25) is 0 Å². The number of nitrogens with two attached hydrogens (primary N) is 1. The van der Waals surface area contributed by atoms with Gasteiger partial charge in [0.05, 0.1) is 0 Å². The van der Waals surface area contributed by atoms with Gasteiger partial charge in [-0.2, -0.15) is 0 Å². The lowest BCUT2D eigenvalue weighted by molar-refractivity contribution is -0.133. The first kappa shape index (κ1) is 22.0. The summed E-state index contributed by atoms with van der Waals surface area (Å²) in [5, 5.41) is 6.82. The van der Waals surface area contributed by atoms with Crippen LogP contribution in [0.15, 0.2) is 67.1 Å². The Hall–Kier alpha value is -4.26. The molecule has 2 aromatic heterocycles. The van der Waals surface area contributed by atoms with E-state index in [1.165, 1.54) is 0 Å². The molecule has 0 fully saturated rings. The number of carbonyl (C=O) groups excluding carboxylic acids is 2. The number of hydrogen-bond acceptors (Lipinski definition) is 5. The van der Waals surface area contributed by atoms with Crippen molar-refractivity contribution >= 4 is 39.8 Å². The van der Waals surface area contributed by atoms with Crippen LogP contribution in [-0.2, 0) is 9.59 Å². The van der Waals surface area contributed by atoms with Crippen LogP contribution >= 0.6 is 0 Å². The summed E-state index contributed by atoms with van der Waals surface area (Å²) in [7, 11) is 0. The lowest BCUT2D eigenvalue weighted by Gasteiger charge is -2.13. The summed E-state index contributed by atoms with van der Waals surface area (Å²) in [5.41, 5.74) is 11.4. The monoisotopic (exact) mass is 439 g/mol. The van der Waals surface area contributed by atoms with E-state index in [9.17, 15) is 9.59 Å². The third kappa shape index (κ3) is 4.67. The van der Waals surface area contributed by atoms with Crippen molar-refractivity contribution in [3.8, 4) is 11.1 Å². The first-order valence-electron chi connectivity index (χ1n) is 10.6. The molecule has 0 spiro atoms. The van der Waals surface area contributed by atoms with Gasteiger partial charge in [0.25, 0.3) is 0 Å². The van der Waals surface area contributed by atoms with Gasteiger partial charge < -0.3 is 16.4 Å². The van der Waals surface area contributed by atoms with Crippen LogP contribution in [0.1, 0.15) is 30.9 Å². The molecule has 0 aliphatic rings. The zero-order valence-electron chi connectivity index (χ0n) is 18.7. The van der Waals surface area contributed by atoms with E-state index in [4.69, 9.17) is 5.73 Å². The van der Waals surface area contributed by atoms with Gasteiger partial charge in [-0.25, -0.2) is 4.98 Å². The second kappa shape index (κ2) is 9.08. The van der Waals surface area contributed by atoms with Crippen molar-refractivity contribution in [1.82, 2.24) is 9.97 Å². The second-order valence-electron chi connectivity index (χ2n) is 8.20. The van der Waals surface area contributed by atoms with Gasteiger partial charge in [-0.05, 0) is 65.3 Å². The summed E-state index contributed by atoms with van der Waals surface area (Å²) in [6.45, 7) is 6.06. The quantitative estimate of drug-likeness (QED) is 0.310. The fourth-order valence-electron chi connectivity index (χ4n) is 3.74. The summed E-state index contributed by atoms with van der Waals surface area (Å²) in [6.07, 6.45) is 5.12. The van der Waals surface area contributed by atoms with Crippen LogP contribution in [0, 0.1) is 6.92 Å². The van der Waals surface area contributed by atoms with Gasteiger partial charge in [-0.3, -0.25) is 14.6 Å². The van der Waals surface area contributed by atoms with Crippen molar-refractivity contribution in [3.63, 3.8) is 0 Å². The summed E-state index contributed by atoms with van der Waals surface area (Å²) in [5.74, 6) is -1.09. The van der Waals surface area contributed by atoms with Gasteiger partial charge in [0.15, 0.2) is 0 Å². The van der Waals surface area contributed by atoms with Crippen molar-refractivity contribution in [1.29, 1.82) is 0 Å². The third-order valence-corrected chi connectivity index (χ3v) is 5.50. The maximum Gasteiger partial charge on any atom is 0.315 e. The minimum absolute atomic E-state index is 0.204. The molecule has 0 aliphatic carbocycles. The highest BCUT2D eigenvalue weighted by molar-refractivity contribution is 6.43. The van der Waals surface area contributed by atoms with Crippen LogP contribution in [-0.4, -0.2) is 21.8 Å². The lowest BCUT2D eigenvalue weighted by atomic mass is 9.99. The summed E-state index contributed by atoms with van der Waals surface area (Å²) in [6, 6.07) is 14.9. The van der Waals surface area contributed by atoms with Gasteiger partial charge in [-0.1, -0.05) is 32.0 Å². The van der Waals surface area contributed by atoms with Crippen LogP contribution in [0.3, 0.4) is 0 Å². The standard InChI is InChI=1S/C26H25N5O2/c1-15(2)19-6-4-5-7-23(19)30-25(32)26(33)31-24-12-18-10-17(11-22(27)21(18)14-29-24)20-13-28-9-8-16(20)3/h4-15H,27H2,1-3H3,(H,30,32)(H,29,31,33). The Bertz CT molecular complexity index is 1360. The van der Waals surface area contributed by atoms with E-state index in [0.29, 0.717) is 11.4 Å². The average Bonchev–Trinajstić information content (AvgIpc) is 2.79. The number of pyridine rings is 2. The van der Waals surface area contributed by atoms with Gasteiger partial charge in [-0.15, -0.1) is 0 Å². The van der Waals surface area contributed by atoms with Crippen LogP contribution < -0.4 is 16.4 Å².